The molecule has 0 unspecified atom stereocenters. The van der Waals surface area contributed by atoms with Crippen molar-refractivity contribution in [2.75, 3.05) is 32.6 Å². The van der Waals surface area contributed by atoms with Gasteiger partial charge in [-0.25, -0.2) is 4.98 Å². The monoisotopic (exact) mass is 350 g/mol. The van der Waals surface area contributed by atoms with Crippen molar-refractivity contribution in [2.45, 2.75) is 18.2 Å². The Morgan fingerprint density at radius 1 is 1.42 bits per heavy atom. The highest BCUT2D eigenvalue weighted by Crippen LogP contribution is 2.14. The van der Waals surface area contributed by atoms with Gasteiger partial charge in [-0.3, -0.25) is 9.69 Å². The van der Waals surface area contributed by atoms with Crippen LogP contribution in [-0.2, 0) is 24.9 Å². The van der Waals surface area contributed by atoms with E-state index in [0.29, 0.717) is 18.7 Å². The van der Waals surface area contributed by atoms with Crippen LogP contribution in [0.15, 0.2) is 28.1 Å². The number of hydrogen-bond acceptors (Lipinski definition) is 6. The lowest BCUT2D eigenvalue weighted by atomic mass is 10.2. The van der Waals surface area contributed by atoms with Crippen LogP contribution in [0, 0.1) is 0 Å². The Balaban J connectivity index is 1.54. The largest absolute Gasteiger partial charge is 0.467 e. The predicted molar refractivity (Wildman–Crippen MR) is 91.0 cm³/mol. The van der Waals surface area contributed by atoms with Gasteiger partial charge in [0.25, 0.3) is 5.91 Å². The van der Waals surface area contributed by atoms with Crippen molar-refractivity contribution < 1.29 is 13.9 Å². The maximum Gasteiger partial charge on any atom is 0.254 e. The van der Waals surface area contributed by atoms with Gasteiger partial charge in [0.2, 0.25) is 0 Å². The first-order valence-corrected chi connectivity index (χ1v) is 9.10. The third kappa shape index (κ3) is 4.00. The van der Waals surface area contributed by atoms with Crippen LogP contribution in [0.5, 0.6) is 0 Å². The highest BCUT2D eigenvalue weighted by molar-refractivity contribution is 7.98. The van der Waals surface area contributed by atoms with Gasteiger partial charge in [0.05, 0.1) is 43.8 Å². The molecule has 1 N–H and O–H groups in total. The summed E-state index contributed by atoms with van der Waals surface area (Å²) in [4.78, 5) is 18.8. The van der Waals surface area contributed by atoms with E-state index in [2.05, 4.69) is 15.2 Å². The second-order valence-electron chi connectivity index (χ2n) is 5.67. The number of morpholine rings is 1. The number of furan rings is 1. The summed E-state index contributed by atoms with van der Waals surface area (Å²) in [7, 11) is 1.94. The van der Waals surface area contributed by atoms with E-state index in [1.165, 1.54) is 6.26 Å². The maximum atomic E-state index is 12.3. The molecule has 2 aromatic heterocycles. The molecular formula is C16H22N4O3S. The number of carbonyl (C=O) groups is 1. The van der Waals surface area contributed by atoms with Crippen molar-refractivity contribution in [1.29, 1.82) is 0 Å². The average Bonchev–Trinajstić information content (AvgIpc) is 3.20. The number of hydrogen-bond donors (Lipinski definition) is 1. The van der Waals surface area contributed by atoms with E-state index in [4.69, 9.17) is 9.15 Å². The molecule has 7 nitrogen and oxygen atoms in total. The zero-order chi connectivity index (χ0) is 16.9. The van der Waals surface area contributed by atoms with Gasteiger partial charge in [-0.05, 0) is 12.3 Å². The number of imidazole rings is 1. The number of amides is 1. The molecule has 130 valence electrons. The van der Waals surface area contributed by atoms with Crippen LogP contribution in [0.2, 0.25) is 0 Å². The van der Waals surface area contributed by atoms with Crippen molar-refractivity contribution in [1.82, 2.24) is 19.8 Å². The number of aromatic nitrogens is 2. The molecule has 0 radical (unpaired) electrons. The van der Waals surface area contributed by atoms with Gasteiger partial charge in [-0.2, -0.15) is 0 Å². The minimum atomic E-state index is -0.140. The topological polar surface area (TPSA) is 72.5 Å². The number of nitrogens with zero attached hydrogens (tertiary/aromatic N) is 3. The maximum absolute atomic E-state index is 12.3. The molecule has 1 aliphatic heterocycles. The molecule has 0 aliphatic carbocycles. The van der Waals surface area contributed by atoms with Gasteiger partial charge in [0.15, 0.2) is 5.16 Å². The Labute approximate surface area is 145 Å². The first-order chi connectivity index (χ1) is 11.7. The number of carbonyl (C=O) groups excluding carboxylic acids is 1. The Bertz CT molecular complexity index is 691. The molecular weight excluding hydrogens is 328 g/mol. The summed E-state index contributed by atoms with van der Waals surface area (Å²) in [6.45, 7) is 4.41. The summed E-state index contributed by atoms with van der Waals surface area (Å²) in [6, 6.07) is 1.81. The molecule has 3 heterocycles. The van der Waals surface area contributed by atoms with E-state index < -0.39 is 0 Å². The quantitative estimate of drug-likeness (QED) is 0.796. The smallest absolute Gasteiger partial charge is 0.254 e. The van der Waals surface area contributed by atoms with Crippen molar-refractivity contribution in [3.63, 3.8) is 0 Å². The summed E-state index contributed by atoms with van der Waals surface area (Å²) in [6.07, 6.45) is 5.28. The van der Waals surface area contributed by atoms with Crippen molar-refractivity contribution in [3.05, 3.63) is 35.5 Å². The van der Waals surface area contributed by atoms with Gasteiger partial charge >= 0.3 is 0 Å². The van der Waals surface area contributed by atoms with Crippen molar-refractivity contribution >= 4 is 17.7 Å². The number of thioether (sulfide) groups is 1. The molecule has 0 atom stereocenters. The minimum absolute atomic E-state index is 0.140. The second-order valence-corrected chi connectivity index (χ2v) is 6.44. The van der Waals surface area contributed by atoms with E-state index in [-0.39, 0.29) is 5.91 Å². The van der Waals surface area contributed by atoms with Gasteiger partial charge in [0.1, 0.15) is 12.0 Å². The van der Waals surface area contributed by atoms with Crippen LogP contribution in [0.1, 0.15) is 21.8 Å². The van der Waals surface area contributed by atoms with Crippen LogP contribution in [-0.4, -0.2) is 52.9 Å². The number of ether oxygens (including phenoxy) is 1. The predicted octanol–water partition coefficient (Wildman–Crippen LogP) is 1.50. The van der Waals surface area contributed by atoms with E-state index in [1.807, 2.05) is 17.9 Å². The Hall–Kier alpha value is -1.77. The molecule has 0 spiro atoms. The van der Waals surface area contributed by atoms with Crippen molar-refractivity contribution in [2.24, 2.45) is 7.05 Å². The molecule has 1 fully saturated rings. The molecule has 1 amide bonds. The van der Waals surface area contributed by atoms with Gasteiger partial charge in [-0.15, -0.1) is 0 Å². The molecule has 2 aromatic rings. The van der Waals surface area contributed by atoms with Gasteiger partial charge in [-0.1, -0.05) is 11.8 Å². The molecule has 8 heteroatoms. The van der Waals surface area contributed by atoms with Crippen LogP contribution in [0.3, 0.4) is 0 Å². The third-order valence-electron chi connectivity index (χ3n) is 4.05. The van der Waals surface area contributed by atoms with Crippen LogP contribution in [0.4, 0.5) is 0 Å². The molecule has 0 saturated carbocycles. The van der Waals surface area contributed by atoms with Gasteiger partial charge in [0, 0.05) is 20.1 Å². The highest BCUT2D eigenvalue weighted by atomic mass is 32.2. The van der Waals surface area contributed by atoms with Crippen LogP contribution >= 0.6 is 11.8 Å². The fourth-order valence-corrected chi connectivity index (χ4v) is 3.16. The number of rotatable bonds is 6. The lowest BCUT2D eigenvalue weighted by Gasteiger charge is -2.25. The van der Waals surface area contributed by atoms with Crippen LogP contribution in [0.25, 0.3) is 0 Å². The summed E-state index contributed by atoms with van der Waals surface area (Å²) in [5.74, 6) is 0.658. The Kier molecular flexibility index (Phi) is 5.60. The summed E-state index contributed by atoms with van der Waals surface area (Å²) >= 11 is 1.58. The van der Waals surface area contributed by atoms with E-state index in [0.717, 1.165) is 42.9 Å². The van der Waals surface area contributed by atoms with E-state index >= 15 is 0 Å². The number of nitrogens with one attached hydrogen (secondary N) is 1. The first kappa shape index (κ1) is 17.1. The standard InChI is InChI=1S/C16H22N4O3S/c1-19-13(9-18-16(19)24-2)8-17-15(21)12-7-14(23-11-12)10-20-3-5-22-6-4-20/h7,9,11H,3-6,8,10H2,1-2H3,(H,17,21). The fourth-order valence-electron chi connectivity index (χ4n) is 2.61. The van der Waals surface area contributed by atoms with Crippen molar-refractivity contribution in [3.8, 4) is 0 Å². The fraction of sp³-hybridized carbons (Fsp3) is 0.500. The SMILES string of the molecule is CSc1ncc(CNC(=O)c2coc(CN3CCOCC3)c2)n1C. The molecule has 1 aliphatic rings. The second kappa shape index (κ2) is 7.87. The zero-order valence-corrected chi connectivity index (χ0v) is 14.8. The summed E-state index contributed by atoms with van der Waals surface area (Å²) < 4.78 is 12.8. The Morgan fingerprint density at radius 2 is 2.21 bits per heavy atom. The van der Waals surface area contributed by atoms with E-state index in [9.17, 15) is 4.79 Å². The Morgan fingerprint density at radius 3 is 2.92 bits per heavy atom. The normalized spacial score (nSPS) is 15.6. The average molecular weight is 350 g/mol. The molecule has 1 saturated heterocycles. The molecule has 24 heavy (non-hydrogen) atoms. The summed E-state index contributed by atoms with van der Waals surface area (Å²) in [5.41, 5.74) is 1.51. The summed E-state index contributed by atoms with van der Waals surface area (Å²) in [5, 5.41) is 3.83. The lowest BCUT2D eigenvalue weighted by Crippen LogP contribution is -2.35. The van der Waals surface area contributed by atoms with E-state index in [1.54, 1.807) is 24.0 Å². The minimum Gasteiger partial charge on any atom is -0.467 e. The van der Waals surface area contributed by atoms with Gasteiger partial charge < -0.3 is 19.0 Å². The first-order valence-electron chi connectivity index (χ1n) is 7.87. The molecule has 0 bridgehead atoms. The van der Waals surface area contributed by atoms with Crippen LogP contribution < -0.4 is 5.32 Å². The molecule has 3 rings (SSSR count). The third-order valence-corrected chi connectivity index (χ3v) is 4.80. The lowest BCUT2D eigenvalue weighted by molar-refractivity contribution is 0.0313. The zero-order valence-electron chi connectivity index (χ0n) is 13.9. The molecule has 0 aromatic carbocycles. The highest BCUT2D eigenvalue weighted by Gasteiger charge is 2.15.